The number of hydrogen-bond donors (Lipinski definition) is 7. The van der Waals surface area contributed by atoms with Gasteiger partial charge in [0.15, 0.2) is 0 Å². The van der Waals surface area contributed by atoms with Crippen LogP contribution in [0.2, 0.25) is 0 Å². The summed E-state index contributed by atoms with van der Waals surface area (Å²) in [4.78, 5) is 60.5. The molecule has 0 aromatic heterocycles. The van der Waals surface area contributed by atoms with Gasteiger partial charge < -0.3 is 37.2 Å². The van der Waals surface area contributed by atoms with Crippen LogP contribution in [0, 0.1) is 5.92 Å². The number of carboxylic acids is 2. The largest absolute Gasteiger partial charge is 0.481 e. The number of unbranched alkanes of at least 4 members (excludes halogenated alkanes) is 1. The number of nitrogens with one attached hydrogen (secondary N) is 4. The molecule has 0 aliphatic carbocycles. The average Bonchev–Trinajstić information content (AvgIpc) is 3.24. The number of rotatable bonds is 14. The van der Waals surface area contributed by atoms with E-state index in [-0.39, 0.29) is 18.2 Å². The van der Waals surface area contributed by atoms with Gasteiger partial charge in [-0.2, -0.15) is 0 Å². The lowest BCUT2D eigenvalue weighted by atomic mass is 10.0. The zero-order valence-electron chi connectivity index (χ0n) is 18.6. The Morgan fingerprint density at radius 3 is 2.16 bits per heavy atom. The molecule has 1 aliphatic heterocycles. The Kier molecular flexibility index (Phi) is 11.6. The second-order valence-corrected chi connectivity index (χ2v) is 8.22. The van der Waals surface area contributed by atoms with E-state index in [9.17, 15) is 29.1 Å². The van der Waals surface area contributed by atoms with Crippen molar-refractivity contribution in [1.29, 1.82) is 0 Å². The molecule has 0 aromatic rings. The molecule has 1 aliphatic rings. The van der Waals surface area contributed by atoms with Gasteiger partial charge in [0, 0.05) is 0 Å². The van der Waals surface area contributed by atoms with Crippen molar-refractivity contribution in [3.8, 4) is 0 Å². The summed E-state index contributed by atoms with van der Waals surface area (Å²) in [5.41, 5.74) is 5.40. The molecule has 4 atom stereocenters. The fraction of sp³-hybridized carbons (Fsp3) is 0.750. The molecule has 32 heavy (non-hydrogen) atoms. The highest BCUT2D eigenvalue weighted by molar-refractivity contribution is 5.95. The highest BCUT2D eigenvalue weighted by atomic mass is 16.4. The lowest BCUT2D eigenvalue weighted by Gasteiger charge is -2.26. The van der Waals surface area contributed by atoms with Gasteiger partial charge in [-0.05, 0) is 51.1 Å². The van der Waals surface area contributed by atoms with Gasteiger partial charge in [-0.25, -0.2) is 4.79 Å². The van der Waals surface area contributed by atoms with Crippen LogP contribution < -0.4 is 27.0 Å². The number of amides is 3. The van der Waals surface area contributed by atoms with E-state index in [4.69, 9.17) is 10.8 Å². The Hall–Kier alpha value is -2.73. The van der Waals surface area contributed by atoms with Crippen LogP contribution in [0.4, 0.5) is 0 Å². The first-order valence-electron chi connectivity index (χ1n) is 10.9. The highest BCUT2D eigenvalue weighted by Crippen LogP contribution is 2.09. The molecule has 0 saturated carbocycles. The monoisotopic (exact) mass is 457 g/mol. The molecule has 12 heteroatoms. The fourth-order valence-electron chi connectivity index (χ4n) is 3.37. The molecule has 1 rings (SSSR count). The second-order valence-electron chi connectivity index (χ2n) is 8.22. The first-order valence-corrected chi connectivity index (χ1v) is 10.9. The fourth-order valence-corrected chi connectivity index (χ4v) is 3.37. The Balaban J connectivity index is 2.85. The minimum Gasteiger partial charge on any atom is -0.481 e. The molecular weight excluding hydrogens is 422 g/mol. The van der Waals surface area contributed by atoms with Crippen LogP contribution in [0.5, 0.6) is 0 Å². The SMILES string of the molecule is CC(C)C(NC(=O)C1CCCN1)C(=O)NC(CC(=O)O)C(=O)NC(CCCCN)C(=O)O. The van der Waals surface area contributed by atoms with Crippen LogP contribution in [0.1, 0.15) is 52.4 Å². The maximum atomic E-state index is 12.8. The Labute approximate surface area is 187 Å². The van der Waals surface area contributed by atoms with Gasteiger partial charge in [0.1, 0.15) is 18.1 Å². The smallest absolute Gasteiger partial charge is 0.326 e. The third-order valence-corrected chi connectivity index (χ3v) is 5.20. The van der Waals surface area contributed by atoms with Gasteiger partial charge in [0.05, 0.1) is 12.5 Å². The third kappa shape index (κ3) is 9.18. The molecule has 1 fully saturated rings. The summed E-state index contributed by atoms with van der Waals surface area (Å²) in [5, 5.41) is 28.8. The first-order chi connectivity index (χ1) is 15.1. The van der Waals surface area contributed by atoms with Crippen LogP contribution in [0.25, 0.3) is 0 Å². The van der Waals surface area contributed by atoms with E-state index in [1.807, 2.05) is 0 Å². The van der Waals surface area contributed by atoms with E-state index in [1.165, 1.54) is 0 Å². The van der Waals surface area contributed by atoms with E-state index >= 15 is 0 Å². The molecule has 4 unspecified atom stereocenters. The van der Waals surface area contributed by atoms with Gasteiger partial charge in [-0.3, -0.25) is 19.2 Å². The van der Waals surface area contributed by atoms with E-state index in [0.717, 1.165) is 6.42 Å². The zero-order chi connectivity index (χ0) is 24.3. The summed E-state index contributed by atoms with van der Waals surface area (Å²) < 4.78 is 0. The number of aliphatic carboxylic acids is 2. The van der Waals surface area contributed by atoms with E-state index in [2.05, 4.69) is 21.3 Å². The summed E-state index contributed by atoms with van der Waals surface area (Å²) in [6.45, 7) is 4.48. The number of nitrogens with two attached hydrogens (primary N) is 1. The lowest BCUT2D eigenvalue weighted by Crippen LogP contribution is -2.58. The van der Waals surface area contributed by atoms with Crippen molar-refractivity contribution in [3.05, 3.63) is 0 Å². The third-order valence-electron chi connectivity index (χ3n) is 5.20. The highest BCUT2D eigenvalue weighted by Gasteiger charge is 2.33. The lowest BCUT2D eigenvalue weighted by molar-refractivity contribution is -0.144. The van der Waals surface area contributed by atoms with Crippen molar-refractivity contribution in [2.45, 2.75) is 76.5 Å². The number of hydrogen-bond acceptors (Lipinski definition) is 7. The zero-order valence-corrected chi connectivity index (χ0v) is 18.6. The van der Waals surface area contributed by atoms with Gasteiger partial charge in [0.2, 0.25) is 17.7 Å². The molecule has 1 saturated heterocycles. The molecule has 182 valence electrons. The molecule has 12 nitrogen and oxygen atoms in total. The van der Waals surface area contributed by atoms with Gasteiger partial charge in [0.25, 0.3) is 0 Å². The summed E-state index contributed by atoms with van der Waals surface area (Å²) >= 11 is 0. The molecule has 0 radical (unpaired) electrons. The molecule has 8 N–H and O–H groups in total. The normalized spacial score (nSPS) is 18.4. The van der Waals surface area contributed by atoms with Crippen molar-refractivity contribution >= 4 is 29.7 Å². The first kappa shape index (κ1) is 27.3. The molecule has 0 aromatic carbocycles. The summed E-state index contributed by atoms with van der Waals surface area (Å²) in [7, 11) is 0. The molecular formula is C20H35N5O7. The van der Waals surface area contributed by atoms with Gasteiger partial charge in [-0.15, -0.1) is 0 Å². The van der Waals surface area contributed by atoms with Crippen molar-refractivity contribution < 1.29 is 34.2 Å². The topological polar surface area (TPSA) is 200 Å². The van der Waals surface area contributed by atoms with E-state index < -0.39 is 54.3 Å². The van der Waals surface area contributed by atoms with Crippen LogP contribution in [0.15, 0.2) is 0 Å². The van der Waals surface area contributed by atoms with Crippen LogP contribution in [-0.2, 0) is 24.0 Å². The number of carbonyl (C=O) groups excluding carboxylic acids is 3. The second kappa shape index (κ2) is 13.6. The maximum absolute atomic E-state index is 12.8. The predicted molar refractivity (Wildman–Crippen MR) is 114 cm³/mol. The van der Waals surface area contributed by atoms with E-state index in [1.54, 1.807) is 13.8 Å². The molecule has 1 heterocycles. The summed E-state index contributed by atoms with van der Waals surface area (Å²) in [6, 6.07) is -4.14. The standard InChI is InChI=1S/C20H35N5O7/c1-11(2)16(25-17(28)12-7-5-9-22-12)19(30)24-14(10-15(26)27)18(29)23-13(20(31)32)6-3-4-8-21/h11-14,16,22H,3-10,21H2,1-2H3,(H,23,29)(H,24,30)(H,25,28)(H,26,27)(H,31,32). The van der Waals surface area contributed by atoms with Crippen molar-refractivity contribution in [1.82, 2.24) is 21.3 Å². The van der Waals surface area contributed by atoms with Crippen LogP contribution in [-0.4, -0.2) is 77.1 Å². The quantitative estimate of drug-likeness (QED) is 0.152. The van der Waals surface area contributed by atoms with Crippen LogP contribution in [0.3, 0.4) is 0 Å². The number of carboxylic acid groups (broad SMARTS) is 2. The minimum atomic E-state index is -1.50. The maximum Gasteiger partial charge on any atom is 0.326 e. The molecule has 3 amide bonds. The van der Waals surface area contributed by atoms with Gasteiger partial charge in [-0.1, -0.05) is 13.8 Å². The predicted octanol–water partition coefficient (Wildman–Crippen LogP) is -1.46. The minimum absolute atomic E-state index is 0.116. The Morgan fingerprint density at radius 2 is 1.66 bits per heavy atom. The summed E-state index contributed by atoms with van der Waals surface area (Å²) in [6.07, 6.45) is 1.89. The van der Waals surface area contributed by atoms with E-state index in [0.29, 0.717) is 32.4 Å². The average molecular weight is 458 g/mol. The van der Waals surface area contributed by atoms with Crippen LogP contribution >= 0.6 is 0 Å². The Morgan fingerprint density at radius 1 is 1.00 bits per heavy atom. The van der Waals surface area contributed by atoms with Crippen molar-refractivity contribution in [2.24, 2.45) is 11.7 Å². The van der Waals surface area contributed by atoms with Gasteiger partial charge >= 0.3 is 11.9 Å². The van der Waals surface area contributed by atoms with Crippen molar-refractivity contribution in [2.75, 3.05) is 13.1 Å². The Bertz CT molecular complexity index is 679. The van der Waals surface area contributed by atoms with Crippen molar-refractivity contribution in [3.63, 3.8) is 0 Å². The molecule has 0 bridgehead atoms. The summed E-state index contributed by atoms with van der Waals surface area (Å²) in [5.74, 6) is -4.94. The number of carbonyl (C=O) groups is 5. The molecule has 0 spiro atoms.